The van der Waals surface area contributed by atoms with Gasteiger partial charge in [-0.3, -0.25) is 5.32 Å². The molecule has 0 aliphatic rings. The van der Waals surface area contributed by atoms with Gasteiger partial charge in [-0.15, -0.1) is 6.42 Å². The van der Waals surface area contributed by atoms with Crippen LogP contribution < -0.4 is 5.32 Å². The molecular formula is C13H17NO. The molecule has 0 aliphatic heterocycles. The van der Waals surface area contributed by atoms with Gasteiger partial charge in [0.1, 0.15) is 5.54 Å². The number of aliphatic hydroxyl groups excluding tert-OH is 1. The molecule has 2 nitrogen and oxygen atoms in total. The van der Waals surface area contributed by atoms with Crippen LogP contribution in [-0.4, -0.2) is 23.8 Å². The van der Waals surface area contributed by atoms with Crippen LogP contribution in [0.1, 0.15) is 12.5 Å². The molecule has 1 aromatic carbocycles. The van der Waals surface area contributed by atoms with E-state index in [4.69, 9.17) is 11.5 Å². The van der Waals surface area contributed by atoms with Crippen molar-refractivity contribution in [3.8, 4) is 12.3 Å². The number of hydrogen-bond acceptors (Lipinski definition) is 2. The molecule has 15 heavy (non-hydrogen) atoms. The molecule has 80 valence electrons. The third kappa shape index (κ3) is 3.75. The van der Waals surface area contributed by atoms with Crippen molar-refractivity contribution >= 4 is 0 Å². The first kappa shape index (κ1) is 11.8. The van der Waals surface area contributed by atoms with Gasteiger partial charge >= 0.3 is 0 Å². The fourth-order valence-electron chi connectivity index (χ4n) is 1.28. The van der Waals surface area contributed by atoms with Crippen LogP contribution in [0.3, 0.4) is 0 Å². The SMILES string of the molecule is C#CC(C)(CO)NCCc1ccccc1. The summed E-state index contributed by atoms with van der Waals surface area (Å²) in [6, 6.07) is 10.2. The van der Waals surface area contributed by atoms with Crippen LogP contribution in [-0.2, 0) is 6.42 Å². The van der Waals surface area contributed by atoms with Gasteiger partial charge < -0.3 is 5.11 Å². The number of hydrogen-bond donors (Lipinski definition) is 2. The van der Waals surface area contributed by atoms with Gasteiger partial charge in [0, 0.05) is 6.54 Å². The summed E-state index contributed by atoms with van der Waals surface area (Å²) in [6.45, 7) is 2.54. The van der Waals surface area contributed by atoms with Gasteiger partial charge in [0.2, 0.25) is 0 Å². The van der Waals surface area contributed by atoms with E-state index in [2.05, 4.69) is 23.4 Å². The Morgan fingerprint density at radius 2 is 2.07 bits per heavy atom. The maximum Gasteiger partial charge on any atom is 0.100 e. The highest BCUT2D eigenvalue weighted by molar-refractivity contribution is 5.16. The van der Waals surface area contributed by atoms with Crippen molar-refractivity contribution in [1.29, 1.82) is 0 Å². The Bertz CT molecular complexity index is 328. The third-order valence-corrected chi connectivity index (χ3v) is 2.41. The average molecular weight is 203 g/mol. The van der Waals surface area contributed by atoms with Gasteiger partial charge in [0.15, 0.2) is 0 Å². The zero-order chi connectivity index (χ0) is 11.1. The predicted octanol–water partition coefficient (Wildman–Crippen LogP) is 1.20. The zero-order valence-corrected chi connectivity index (χ0v) is 9.03. The second kappa shape index (κ2) is 5.55. The quantitative estimate of drug-likeness (QED) is 0.705. The van der Waals surface area contributed by atoms with Gasteiger partial charge in [0.05, 0.1) is 6.61 Å². The molecule has 1 unspecified atom stereocenters. The Labute approximate surface area is 91.3 Å². The van der Waals surface area contributed by atoms with Crippen molar-refractivity contribution in [3.63, 3.8) is 0 Å². The molecule has 0 heterocycles. The van der Waals surface area contributed by atoms with Gasteiger partial charge in [-0.05, 0) is 18.9 Å². The van der Waals surface area contributed by atoms with E-state index in [1.54, 1.807) is 0 Å². The molecule has 2 N–H and O–H groups in total. The van der Waals surface area contributed by atoms with Crippen molar-refractivity contribution in [3.05, 3.63) is 35.9 Å². The molecule has 0 saturated heterocycles. The third-order valence-electron chi connectivity index (χ3n) is 2.41. The van der Waals surface area contributed by atoms with Gasteiger partial charge in [0.25, 0.3) is 0 Å². The molecule has 2 heteroatoms. The van der Waals surface area contributed by atoms with E-state index in [1.807, 2.05) is 25.1 Å². The minimum Gasteiger partial charge on any atom is -0.393 e. The number of terminal acetylenes is 1. The summed E-state index contributed by atoms with van der Waals surface area (Å²) in [4.78, 5) is 0. The molecule has 0 aromatic heterocycles. The molecule has 0 saturated carbocycles. The monoisotopic (exact) mass is 203 g/mol. The lowest BCUT2D eigenvalue weighted by atomic mass is 10.0. The van der Waals surface area contributed by atoms with Crippen molar-refractivity contribution in [2.45, 2.75) is 18.9 Å². The second-order valence-electron chi connectivity index (χ2n) is 3.80. The number of benzene rings is 1. The topological polar surface area (TPSA) is 32.3 Å². The molecule has 0 fully saturated rings. The van der Waals surface area contributed by atoms with Crippen molar-refractivity contribution in [2.24, 2.45) is 0 Å². The largest absolute Gasteiger partial charge is 0.393 e. The van der Waals surface area contributed by atoms with Crippen LogP contribution in [0.4, 0.5) is 0 Å². The maximum absolute atomic E-state index is 9.08. The molecule has 1 rings (SSSR count). The van der Waals surface area contributed by atoms with Crippen LogP contribution in [0.15, 0.2) is 30.3 Å². The van der Waals surface area contributed by atoms with Gasteiger partial charge in [-0.2, -0.15) is 0 Å². The lowest BCUT2D eigenvalue weighted by Gasteiger charge is -2.22. The van der Waals surface area contributed by atoms with Gasteiger partial charge in [-0.1, -0.05) is 36.3 Å². The first-order valence-electron chi connectivity index (χ1n) is 5.08. The number of aliphatic hydroxyl groups is 1. The molecule has 0 spiro atoms. The van der Waals surface area contributed by atoms with Crippen LogP contribution in [0, 0.1) is 12.3 Å². The summed E-state index contributed by atoms with van der Waals surface area (Å²) in [5.41, 5.74) is 0.664. The highest BCUT2D eigenvalue weighted by atomic mass is 16.3. The van der Waals surface area contributed by atoms with E-state index in [-0.39, 0.29) is 6.61 Å². The lowest BCUT2D eigenvalue weighted by molar-refractivity contribution is 0.215. The van der Waals surface area contributed by atoms with E-state index in [0.29, 0.717) is 0 Å². The highest BCUT2D eigenvalue weighted by Gasteiger charge is 2.17. The highest BCUT2D eigenvalue weighted by Crippen LogP contribution is 2.02. The zero-order valence-electron chi connectivity index (χ0n) is 9.03. The Morgan fingerprint density at radius 3 is 2.60 bits per heavy atom. The predicted molar refractivity (Wildman–Crippen MR) is 62.5 cm³/mol. The molecule has 0 amide bonds. The summed E-state index contributed by atoms with van der Waals surface area (Å²) in [5, 5.41) is 12.2. The fourth-order valence-corrected chi connectivity index (χ4v) is 1.28. The van der Waals surface area contributed by atoms with Crippen LogP contribution >= 0.6 is 0 Å². The summed E-state index contributed by atoms with van der Waals surface area (Å²) < 4.78 is 0. The lowest BCUT2D eigenvalue weighted by Crippen LogP contribution is -2.45. The van der Waals surface area contributed by atoms with Gasteiger partial charge in [-0.25, -0.2) is 0 Å². The van der Waals surface area contributed by atoms with E-state index in [9.17, 15) is 0 Å². The Hall–Kier alpha value is -1.30. The molecule has 1 atom stereocenters. The van der Waals surface area contributed by atoms with Crippen molar-refractivity contribution in [2.75, 3.05) is 13.2 Å². The Kier molecular flexibility index (Phi) is 4.36. The summed E-state index contributed by atoms with van der Waals surface area (Å²) in [7, 11) is 0. The standard InChI is InChI=1S/C13H17NO/c1-3-13(2,11-15)14-10-9-12-7-5-4-6-8-12/h1,4-8,14-15H,9-11H2,2H3. The first-order valence-corrected chi connectivity index (χ1v) is 5.08. The summed E-state index contributed by atoms with van der Waals surface area (Å²) in [6.07, 6.45) is 6.24. The van der Waals surface area contributed by atoms with E-state index < -0.39 is 5.54 Å². The van der Waals surface area contributed by atoms with E-state index in [0.717, 1.165) is 13.0 Å². The van der Waals surface area contributed by atoms with E-state index in [1.165, 1.54) is 5.56 Å². The van der Waals surface area contributed by atoms with Crippen molar-refractivity contribution in [1.82, 2.24) is 5.32 Å². The number of rotatable bonds is 5. The Morgan fingerprint density at radius 1 is 1.40 bits per heavy atom. The minimum atomic E-state index is -0.602. The Balaban J connectivity index is 2.37. The molecular weight excluding hydrogens is 186 g/mol. The van der Waals surface area contributed by atoms with Crippen molar-refractivity contribution < 1.29 is 5.11 Å². The first-order chi connectivity index (χ1) is 7.20. The van der Waals surface area contributed by atoms with Crippen LogP contribution in [0.2, 0.25) is 0 Å². The average Bonchev–Trinajstić information content (AvgIpc) is 2.30. The van der Waals surface area contributed by atoms with E-state index >= 15 is 0 Å². The van der Waals surface area contributed by atoms with Crippen LogP contribution in [0.25, 0.3) is 0 Å². The molecule has 1 aromatic rings. The molecule has 0 bridgehead atoms. The minimum absolute atomic E-state index is 0.0434. The maximum atomic E-state index is 9.08. The summed E-state index contributed by atoms with van der Waals surface area (Å²) in [5.74, 6) is 2.55. The molecule has 0 radical (unpaired) electrons. The van der Waals surface area contributed by atoms with Crippen LogP contribution in [0.5, 0.6) is 0 Å². The normalized spacial score (nSPS) is 14.2. The smallest absolute Gasteiger partial charge is 0.100 e. The summed E-state index contributed by atoms with van der Waals surface area (Å²) >= 11 is 0. The number of nitrogens with one attached hydrogen (secondary N) is 1. The fraction of sp³-hybridized carbons (Fsp3) is 0.385. The second-order valence-corrected chi connectivity index (χ2v) is 3.80. The molecule has 0 aliphatic carbocycles.